The van der Waals surface area contributed by atoms with Crippen LogP contribution >= 0.6 is 0 Å². The van der Waals surface area contributed by atoms with Crippen molar-refractivity contribution in [2.75, 3.05) is 26.2 Å². The normalized spacial score (nSPS) is 27.1. The average Bonchev–Trinajstić information content (AvgIpc) is 2.99. The van der Waals surface area contributed by atoms with Crippen molar-refractivity contribution in [3.05, 3.63) is 29.7 Å². The molecule has 0 spiro atoms. The lowest BCUT2D eigenvalue weighted by molar-refractivity contribution is -0.0765. The SMILES string of the molecule is Cn1nccc1[C@@H]1OCC[C@H]1CN1CC(OCc2nc(C3CC3)no2)C1. The second-order valence-corrected chi connectivity index (χ2v) is 7.69. The van der Waals surface area contributed by atoms with Crippen molar-refractivity contribution >= 4 is 0 Å². The number of aryl methyl sites for hydroxylation is 1. The van der Waals surface area contributed by atoms with Crippen LogP contribution in [-0.2, 0) is 23.1 Å². The van der Waals surface area contributed by atoms with Gasteiger partial charge >= 0.3 is 0 Å². The molecular formula is C18H25N5O3. The van der Waals surface area contributed by atoms with Gasteiger partial charge in [-0.05, 0) is 25.3 Å². The van der Waals surface area contributed by atoms with E-state index in [0.29, 0.717) is 24.3 Å². The molecule has 0 radical (unpaired) electrons. The molecule has 2 aromatic heterocycles. The first-order valence-corrected chi connectivity index (χ1v) is 9.52. The average molecular weight is 359 g/mol. The molecule has 0 amide bonds. The highest BCUT2D eigenvalue weighted by atomic mass is 16.5. The fourth-order valence-corrected chi connectivity index (χ4v) is 3.94. The minimum Gasteiger partial charge on any atom is -0.372 e. The monoisotopic (exact) mass is 359 g/mol. The first-order chi connectivity index (χ1) is 12.8. The maximum Gasteiger partial charge on any atom is 0.252 e. The summed E-state index contributed by atoms with van der Waals surface area (Å²) in [7, 11) is 1.98. The van der Waals surface area contributed by atoms with E-state index in [4.69, 9.17) is 14.0 Å². The van der Waals surface area contributed by atoms with Gasteiger partial charge in [0.15, 0.2) is 5.82 Å². The molecular weight excluding hydrogens is 334 g/mol. The van der Waals surface area contributed by atoms with Gasteiger partial charge in [0.2, 0.25) is 0 Å². The molecule has 1 saturated carbocycles. The van der Waals surface area contributed by atoms with Gasteiger partial charge in [-0.25, -0.2) is 0 Å². The van der Waals surface area contributed by atoms with Crippen molar-refractivity contribution in [1.29, 1.82) is 0 Å². The van der Waals surface area contributed by atoms with Crippen LogP contribution in [0.3, 0.4) is 0 Å². The Kier molecular flexibility index (Phi) is 4.26. The van der Waals surface area contributed by atoms with E-state index in [1.165, 1.54) is 18.5 Å². The van der Waals surface area contributed by atoms with Crippen LogP contribution in [0.15, 0.2) is 16.8 Å². The number of rotatable bonds is 7. The van der Waals surface area contributed by atoms with Crippen LogP contribution < -0.4 is 0 Å². The highest BCUT2D eigenvalue weighted by Gasteiger charge is 2.37. The third kappa shape index (κ3) is 3.28. The molecule has 8 heteroatoms. The summed E-state index contributed by atoms with van der Waals surface area (Å²) in [6.45, 7) is 4.20. The molecule has 2 atom stereocenters. The van der Waals surface area contributed by atoms with Crippen LogP contribution in [-0.4, -0.2) is 57.2 Å². The Hall–Kier alpha value is -1.77. The molecule has 2 aromatic rings. The summed E-state index contributed by atoms with van der Waals surface area (Å²) < 4.78 is 19.1. The Morgan fingerprint density at radius 2 is 2.15 bits per heavy atom. The molecule has 0 unspecified atom stereocenters. The molecule has 5 rings (SSSR count). The molecule has 140 valence electrons. The van der Waals surface area contributed by atoms with Crippen LogP contribution in [0.5, 0.6) is 0 Å². The van der Waals surface area contributed by atoms with Crippen LogP contribution in [0, 0.1) is 5.92 Å². The smallest absolute Gasteiger partial charge is 0.252 e. The number of hydrogen-bond donors (Lipinski definition) is 0. The molecule has 2 aliphatic heterocycles. The second-order valence-electron chi connectivity index (χ2n) is 7.69. The lowest BCUT2D eigenvalue weighted by atomic mass is 9.96. The Bertz CT molecular complexity index is 750. The summed E-state index contributed by atoms with van der Waals surface area (Å²) in [5, 5.41) is 8.30. The second kappa shape index (κ2) is 6.75. The predicted molar refractivity (Wildman–Crippen MR) is 91.3 cm³/mol. The van der Waals surface area contributed by atoms with Gasteiger partial charge < -0.3 is 14.0 Å². The van der Waals surface area contributed by atoms with E-state index in [2.05, 4.69) is 26.2 Å². The summed E-state index contributed by atoms with van der Waals surface area (Å²) in [6.07, 6.45) is 5.72. The molecule has 0 bridgehead atoms. The number of nitrogens with zero attached hydrogens (tertiary/aromatic N) is 5. The molecule has 26 heavy (non-hydrogen) atoms. The summed E-state index contributed by atoms with van der Waals surface area (Å²) in [5.74, 6) is 2.49. The maximum absolute atomic E-state index is 5.97. The number of ether oxygens (including phenoxy) is 2. The van der Waals surface area contributed by atoms with Crippen molar-refractivity contribution in [1.82, 2.24) is 24.8 Å². The predicted octanol–water partition coefficient (Wildman–Crippen LogP) is 1.66. The molecule has 8 nitrogen and oxygen atoms in total. The molecule has 3 fully saturated rings. The molecule has 0 N–H and O–H groups in total. The van der Waals surface area contributed by atoms with E-state index in [-0.39, 0.29) is 12.2 Å². The van der Waals surface area contributed by atoms with Crippen LogP contribution in [0.1, 0.15) is 48.7 Å². The zero-order valence-corrected chi connectivity index (χ0v) is 15.1. The van der Waals surface area contributed by atoms with Gasteiger partial charge in [0.1, 0.15) is 12.7 Å². The fourth-order valence-electron chi connectivity index (χ4n) is 3.94. The molecule has 3 aliphatic rings. The molecule has 0 aromatic carbocycles. The van der Waals surface area contributed by atoms with E-state index in [1.54, 1.807) is 0 Å². The molecule has 2 saturated heterocycles. The van der Waals surface area contributed by atoms with Crippen molar-refractivity contribution in [2.24, 2.45) is 13.0 Å². The Morgan fingerprint density at radius 1 is 1.27 bits per heavy atom. The van der Waals surface area contributed by atoms with Gasteiger partial charge in [-0.2, -0.15) is 10.1 Å². The van der Waals surface area contributed by atoms with E-state index >= 15 is 0 Å². The lowest BCUT2D eigenvalue weighted by Gasteiger charge is -2.40. The van der Waals surface area contributed by atoms with E-state index in [9.17, 15) is 0 Å². The molecule has 4 heterocycles. The van der Waals surface area contributed by atoms with E-state index in [1.807, 2.05) is 17.9 Å². The lowest BCUT2D eigenvalue weighted by Crippen LogP contribution is -2.53. The number of aromatic nitrogens is 4. The first-order valence-electron chi connectivity index (χ1n) is 9.52. The van der Waals surface area contributed by atoms with Crippen molar-refractivity contribution in [2.45, 2.75) is 44.0 Å². The van der Waals surface area contributed by atoms with Crippen LogP contribution in [0.4, 0.5) is 0 Å². The highest BCUT2D eigenvalue weighted by molar-refractivity contribution is 5.08. The zero-order chi connectivity index (χ0) is 17.5. The standard InChI is InChI=1S/C18H25N5O3/c1-22-15(4-6-19-22)17-13(5-7-24-17)8-23-9-14(10-23)25-11-16-20-18(21-26-16)12-2-3-12/h4,6,12-14,17H,2-3,5,7-11H2,1H3/t13-,17+/m0/s1. The van der Waals surface area contributed by atoms with Gasteiger partial charge in [-0.3, -0.25) is 9.58 Å². The third-order valence-corrected chi connectivity index (χ3v) is 5.65. The minimum atomic E-state index is 0.154. The third-order valence-electron chi connectivity index (χ3n) is 5.65. The van der Waals surface area contributed by atoms with E-state index in [0.717, 1.165) is 38.5 Å². The zero-order valence-electron chi connectivity index (χ0n) is 15.1. The fraction of sp³-hybridized carbons (Fsp3) is 0.722. The first kappa shape index (κ1) is 16.4. The van der Waals surface area contributed by atoms with Crippen LogP contribution in [0.25, 0.3) is 0 Å². The number of likely N-dealkylation sites (tertiary alicyclic amines) is 1. The Morgan fingerprint density at radius 3 is 2.92 bits per heavy atom. The van der Waals surface area contributed by atoms with Gasteiger partial charge in [-0.15, -0.1) is 0 Å². The summed E-state index contributed by atoms with van der Waals surface area (Å²) in [6, 6.07) is 2.06. The highest BCUT2D eigenvalue weighted by Crippen LogP contribution is 2.38. The van der Waals surface area contributed by atoms with Crippen molar-refractivity contribution in [3.63, 3.8) is 0 Å². The van der Waals surface area contributed by atoms with Gasteiger partial charge in [-0.1, -0.05) is 5.16 Å². The topological polar surface area (TPSA) is 78.4 Å². The summed E-state index contributed by atoms with van der Waals surface area (Å²) >= 11 is 0. The van der Waals surface area contributed by atoms with Crippen molar-refractivity contribution < 1.29 is 14.0 Å². The Labute approximate surface area is 152 Å². The quantitative estimate of drug-likeness (QED) is 0.744. The van der Waals surface area contributed by atoms with Gasteiger partial charge in [0.25, 0.3) is 5.89 Å². The van der Waals surface area contributed by atoms with E-state index < -0.39 is 0 Å². The maximum atomic E-state index is 5.97. The largest absolute Gasteiger partial charge is 0.372 e. The van der Waals surface area contributed by atoms with Crippen LogP contribution in [0.2, 0.25) is 0 Å². The summed E-state index contributed by atoms with van der Waals surface area (Å²) in [5.41, 5.74) is 1.17. The van der Waals surface area contributed by atoms with Gasteiger partial charge in [0.05, 0.1) is 11.8 Å². The van der Waals surface area contributed by atoms with Crippen molar-refractivity contribution in [3.8, 4) is 0 Å². The molecule has 1 aliphatic carbocycles. The Balaban J connectivity index is 1.07. The summed E-state index contributed by atoms with van der Waals surface area (Å²) in [4.78, 5) is 6.85. The number of hydrogen-bond acceptors (Lipinski definition) is 7. The van der Waals surface area contributed by atoms with Gasteiger partial charge in [0, 0.05) is 51.3 Å². The minimum absolute atomic E-state index is 0.154.